The molecule has 7 atom stereocenters. The number of rotatable bonds is 0. The summed E-state index contributed by atoms with van der Waals surface area (Å²) in [6.07, 6.45) is 9.20. The number of carbonyl (C=O) groups excluding carboxylic acids is 1. The van der Waals surface area contributed by atoms with Crippen LogP contribution in [0.1, 0.15) is 47.0 Å². The van der Waals surface area contributed by atoms with Crippen LogP contribution in [0, 0.1) is 40.4 Å². The fraction of sp³-hybridized carbons (Fsp3) is 0.609. The molecule has 0 radical (unpaired) electrons. The van der Waals surface area contributed by atoms with E-state index in [1.54, 1.807) is 19.1 Å². The fourth-order valence-electron chi connectivity index (χ4n) is 6.61. The van der Waals surface area contributed by atoms with E-state index >= 15 is 0 Å². The topological polar surface area (TPSA) is 57.5 Å². The van der Waals surface area contributed by atoms with Gasteiger partial charge in [0.25, 0.3) is 0 Å². The highest BCUT2D eigenvalue weighted by Crippen LogP contribution is 2.66. The van der Waals surface area contributed by atoms with Crippen LogP contribution in [0.15, 0.2) is 35.5 Å². The van der Waals surface area contributed by atoms with Gasteiger partial charge in [0, 0.05) is 16.7 Å². The summed E-state index contributed by atoms with van der Waals surface area (Å²) < 4.78 is 0. The largest absolute Gasteiger partial charge is 0.393 e. The molecule has 2 N–H and O–H groups in total. The third-order valence-corrected chi connectivity index (χ3v) is 7.86. The van der Waals surface area contributed by atoms with Crippen molar-refractivity contribution >= 4 is 5.78 Å². The second-order valence-corrected chi connectivity index (χ2v) is 9.10. The van der Waals surface area contributed by atoms with Crippen LogP contribution in [0.5, 0.6) is 0 Å². The second-order valence-electron chi connectivity index (χ2n) is 9.10. The number of hydrogen-bond donors (Lipinski definition) is 2. The average Bonchev–Trinajstić information content (AvgIpc) is 2.80. The molecule has 0 heterocycles. The number of fused-ring (bicyclic) bond motifs is 5. The monoisotopic (exact) mass is 352 g/mol. The van der Waals surface area contributed by atoms with Crippen LogP contribution < -0.4 is 0 Å². The summed E-state index contributed by atoms with van der Waals surface area (Å²) in [5.74, 6) is 6.47. The first kappa shape index (κ1) is 17.8. The molecule has 0 aliphatic heterocycles. The molecule has 4 unspecified atom stereocenters. The minimum atomic E-state index is -1.03. The van der Waals surface area contributed by atoms with Crippen LogP contribution in [0.2, 0.25) is 0 Å². The Labute approximate surface area is 155 Å². The molecule has 26 heavy (non-hydrogen) atoms. The molecule has 0 aromatic heterocycles. The Balaban J connectivity index is 1.86. The van der Waals surface area contributed by atoms with Gasteiger partial charge in [-0.3, -0.25) is 4.79 Å². The molecule has 2 saturated carbocycles. The molecule has 4 aliphatic carbocycles. The van der Waals surface area contributed by atoms with E-state index in [2.05, 4.69) is 38.7 Å². The number of ketones is 1. The summed E-state index contributed by atoms with van der Waals surface area (Å²) in [5.41, 5.74) is 0.375. The molecule has 4 aliphatic rings. The average molecular weight is 352 g/mol. The van der Waals surface area contributed by atoms with E-state index < -0.39 is 17.1 Å². The highest BCUT2D eigenvalue weighted by atomic mass is 16.3. The maximum Gasteiger partial charge on any atom is 0.178 e. The lowest BCUT2D eigenvalue weighted by molar-refractivity contribution is -0.129. The first-order valence-corrected chi connectivity index (χ1v) is 9.65. The van der Waals surface area contributed by atoms with Crippen LogP contribution in [-0.2, 0) is 4.79 Å². The molecule has 0 aromatic carbocycles. The zero-order valence-corrected chi connectivity index (χ0v) is 16.0. The molecule has 2 fully saturated rings. The van der Waals surface area contributed by atoms with Crippen LogP contribution in [0.4, 0.5) is 0 Å². The first-order chi connectivity index (χ1) is 12.2. The standard InChI is InChI=1S/C23H28O3/c1-5-8-23(26)10-7-17-16-11-14(2)18-12-15(24)6-9-21(18,3)20(16)19(25)13-22(17,23)4/h6,9,11-12,16-17,19-20,25-26H,7,10,13H2,1-4H3/t16?,17?,19?,20?,21-,22-,23-/m0/s1. The minimum Gasteiger partial charge on any atom is -0.393 e. The maximum atomic E-state index is 11.9. The summed E-state index contributed by atoms with van der Waals surface area (Å²) in [7, 11) is 0. The van der Waals surface area contributed by atoms with Gasteiger partial charge in [-0.25, -0.2) is 0 Å². The number of aliphatic hydroxyl groups is 2. The van der Waals surface area contributed by atoms with Crippen LogP contribution in [0.3, 0.4) is 0 Å². The molecule has 138 valence electrons. The number of hydrogen-bond acceptors (Lipinski definition) is 3. The zero-order chi connectivity index (χ0) is 18.9. The van der Waals surface area contributed by atoms with Crippen LogP contribution >= 0.6 is 0 Å². The molecule has 0 aromatic rings. The molecule has 3 nitrogen and oxygen atoms in total. The van der Waals surface area contributed by atoms with Crippen molar-refractivity contribution in [1.82, 2.24) is 0 Å². The van der Waals surface area contributed by atoms with Gasteiger partial charge >= 0.3 is 0 Å². The minimum absolute atomic E-state index is 0.0206. The van der Waals surface area contributed by atoms with Gasteiger partial charge in [0.15, 0.2) is 5.78 Å². The Morgan fingerprint density at radius 1 is 1.31 bits per heavy atom. The van der Waals surface area contributed by atoms with Crippen molar-refractivity contribution < 1.29 is 15.0 Å². The van der Waals surface area contributed by atoms with E-state index in [0.717, 1.165) is 17.6 Å². The van der Waals surface area contributed by atoms with Crippen molar-refractivity contribution in [2.45, 2.75) is 58.7 Å². The Morgan fingerprint density at radius 3 is 2.73 bits per heavy atom. The molecule has 0 spiro atoms. The predicted molar refractivity (Wildman–Crippen MR) is 101 cm³/mol. The van der Waals surface area contributed by atoms with Crippen molar-refractivity contribution in [3.8, 4) is 11.8 Å². The van der Waals surface area contributed by atoms with Crippen molar-refractivity contribution in [3.05, 3.63) is 35.5 Å². The SMILES string of the molecule is CC#C[C@]1(O)CCC2C3C=C(C)C4=CC(=O)C=C[C@]4(C)C3C(O)C[C@@]21C. The normalized spacial score (nSPS) is 49.2. The second kappa shape index (κ2) is 5.44. The van der Waals surface area contributed by atoms with Crippen LogP contribution in [-0.4, -0.2) is 27.7 Å². The summed E-state index contributed by atoms with van der Waals surface area (Å²) in [6, 6.07) is 0. The van der Waals surface area contributed by atoms with Gasteiger partial charge in [-0.1, -0.05) is 37.5 Å². The molecule has 4 rings (SSSR count). The highest BCUT2D eigenvalue weighted by molar-refractivity contribution is 6.01. The maximum absolute atomic E-state index is 11.9. The summed E-state index contributed by atoms with van der Waals surface area (Å²) >= 11 is 0. The van der Waals surface area contributed by atoms with Crippen molar-refractivity contribution in [2.75, 3.05) is 0 Å². The molecule has 0 amide bonds. The predicted octanol–water partition coefficient (Wildman–Crippen LogP) is 3.19. The highest BCUT2D eigenvalue weighted by Gasteiger charge is 2.65. The zero-order valence-electron chi connectivity index (χ0n) is 16.0. The molecular formula is C23H28O3. The number of carbonyl (C=O) groups is 1. The lowest BCUT2D eigenvalue weighted by Crippen LogP contribution is -2.58. The van der Waals surface area contributed by atoms with E-state index in [-0.39, 0.29) is 29.0 Å². The van der Waals surface area contributed by atoms with Crippen molar-refractivity contribution in [1.29, 1.82) is 0 Å². The van der Waals surface area contributed by atoms with E-state index in [1.165, 1.54) is 0 Å². The van der Waals surface area contributed by atoms with E-state index in [4.69, 9.17) is 0 Å². The number of aliphatic hydroxyl groups excluding tert-OH is 1. The lowest BCUT2D eigenvalue weighted by atomic mass is 9.47. The van der Waals surface area contributed by atoms with Gasteiger partial charge in [-0.15, -0.1) is 5.92 Å². The summed E-state index contributed by atoms with van der Waals surface area (Å²) in [5, 5.41) is 22.5. The van der Waals surface area contributed by atoms with E-state index in [9.17, 15) is 15.0 Å². The fourth-order valence-corrected chi connectivity index (χ4v) is 6.61. The van der Waals surface area contributed by atoms with Gasteiger partial charge in [0.05, 0.1) is 6.10 Å². The van der Waals surface area contributed by atoms with E-state index in [1.807, 2.05) is 6.08 Å². The first-order valence-electron chi connectivity index (χ1n) is 9.65. The third kappa shape index (κ3) is 2.06. The third-order valence-electron chi connectivity index (χ3n) is 7.86. The Hall–Kier alpha value is -1.63. The van der Waals surface area contributed by atoms with Gasteiger partial charge in [-0.2, -0.15) is 0 Å². The van der Waals surface area contributed by atoms with Crippen molar-refractivity contribution in [3.63, 3.8) is 0 Å². The Kier molecular flexibility index (Phi) is 3.72. The molecule has 0 saturated heterocycles. The Bertz CT molecular complexity index is 822. The van der Waals surface area contributed by atoms with Crippen molar-refractivity contribution in [2.24, 2.45) is 28.6 Å². The molecule has 3 heteroatoms. The van der Waals surface area contributed by atoms with Gasteiger partial charge in [0.1, 0.15) is 5.60 Å². The summed E-state index contributed by atoms with van der Waals surface area (Å²) in [6.45, 7) is 8.09. The van der Waals surface area contributed by atoms with Crippen LogP contribution in [0.25, 0.3) is 0 Å². The quantitative estimate of drug-likeness (QED) is 0.658. The lowest BCUT2D eigenvalue weighted by Gasteiger charge is -2.58. The Morgan fingerprint density at radius 2 is 2.04 bits per heavy atom. The van der Waals surface area contributed by atoms with Gasteiger partial charge in [-0.05, 0) is 62.7 Å². The molecule has 0 bridgehead atoms. The molecular weight excluding hydrogens is 324 g/mol. The van der Waals surface area contributed by atoms with E-state index in [0.29, 0.717) is 12.8 Å². The number of allylic oxidation sites excluding steroid dienone is 6. The summed E-state index contributed by atoms with van der Waals surface area (Å²) in [4.78, 5) is 11.9. The van der Waals surface area contributed by atoms with Gasteiger partial charge in [0.2, 0.25) is 0 Å². The van der Waals surface area contributed by atoms with Gasteiger partial charge < -0.3 is 10.2 Å². The smallest absolute Gasteiger partial charge is 0.178 e.